The zero-order valence-electron chi connectivity index (χ0n) is 22.5. The third-order valence-electron chi connectivity index (χ3n) is 6.45. The number of ether oxygens (including phenoxy) is 5. The topological polar surface area (TPSA) is 80.3 Å². The van der Waals surface area contributed by atoms with E-state index in [0.717, 1.165) is 24.3 Å². The van der Waals surface area contributed by atoms with E-state index in [1.807, 2.05) is 0 Å². The number of hydrogen-bond donors (Lipinski definition) is 0. The Labute approximate surface area is 236 Å². The van der Waals surface area contributed by atoms with Crippen molar-refractivity contribution in [1.82, 2.24) is 0 Å². The highest BCUT2D eigenvalue weighted by Gasteiger charge is 2.65. The number of rotatable bonds is 11. The van der Waals surface area contributed by atoms with Crippen molar-refractivity contribution in [3.05, 3.63) is 102 Å². The lowest BCUT2D eigenvalue weighted by Gasteiger charge is -2.35. The smallest absolute Gasteiger partial charge is 0.432 e. The average Bonchev–Trinajstić information content (AvgIpc) is 2.96. The molecule has 3 atom stereocenters. The van der Waals surface area contributed by atoms with Crippen LogP contribution in [-0.2, 0) is 39.7 Å². The van der Waals surface area contributed by atoms with Gasteiger partial charge in [0.1, 0.15) is 12.4 Å². The standard InChI is InChI=1S/C29H26F6O7/c1-38-22-17-11-10-16-21(22)23(42-25(37)27(40-3,29(33,34)35)20-14-8-5-9-15-20)18-41-24(36)26(39-2,28(30,31)32)19-12-6-4-7-13-19/h4-17,23H,18H2,1-3H3/t23-,26+,27+/m0/s1. The molecule has 0 radical (unpaired) electrons. The average molecular weight is 601 g/mol. The molecule has 3 rings (SSSR count). The Hall–Kier alpha value is -4.10. The van der Waals surface area contributed by atoms with Crippen molar-refractivity contribution in [3.8, 4) is 5.75 Å². The number of esters is 2. The number of carbonyl (C=O) groups excluding carboxylic acids is 2. The maximum absolute atomic E-state index is 14.5. The first-order valence-electron chi connectivity index (χ1n) is 12.2. The van der Waals surface area contributed by atoms with E-state index in [0.29, 0.717) is 14.2 Å². The second kappa shape index (κ2) is 12.8. The Morgan fingerprint density at radius 3 is 1.50 bits per heavy atom. The maximum atomic E-state index is 14.5. The Bertz CT molecular complexity index is 1350. The minimum atomic E-state index is -5.35. The predicted octanol–water partition coefficient (Wildman–Crippen LogP) is 6.03. The zero-order chi connectivity index (χ0) is 31.2. The van der Waals surface area contributed by atoms with Gasteiger partial charge in [0.25, 0.3) is 11.2 Å². The summed E-state index contributed by atoms with van der Waals surface area (Å²) in [7, 11) is 2.50. The molecule has 0 saturated heterocycles. The highest BCUT2D eigenvalue weighted by Crippen LogP contribution is 2.45. The van der Waals surface area contributed by atoms with E-state index in [-0.39, 0.29) is 11.3 Å². The van der Waals surface area contributed by atoms with Crippen molar-refractivity contribution in [2.75, 3.05) is 27.9 Å². The molecule has 0 aliphatic rings. The van der Waals surface area contributed by atoms with Crippen LogP contribution in [0, 0.1) is 0 Å². The van der Waals surface area contributed by atoms with Crippen molar-refractivity contribution in [3.63, 3.8) is 0 Å². The van der Waals surface area contributed by atoms with Gasteiger partial charge in [0.05, 0.1) is 7.11 Å². The van der Waals surface area contributed by atoms with E-state index >= 15 is 0 Å². The first kappa shape index (κ1) is 32.4. The Morgan fingerprint density at radius 1 is 0.643 bits per heavy atom. The highest BCUT2D eigenvalue weighted by molar-refractivity contribution is 5.84. The highest BCUT2D eigenvalue weighted by atomic mass is 19.4. The lowest BCUT2D eigenvalue weighted by Crippen LogP contribution is -2.53. The van der Waals surface area contributed by atoms with Crippen LogP contribution in [0.3, 0.4) is 0 Å². The van der Waals surface area contributed by atoms with E-state index in [1.54, 1.807) is 0 Å². The Balaban J connectivity index is 2.07. The van der Waals surface area contributed by atoms with Gasteiger partial charge in [0, 0.05) is 30.9 Å². The summed E-state index contributed by atoms with van der Waals surface area (Å²) in [6.45, 7) is -1.15. The van der Waals surface area contributed by atoms with Crippen LogP contribution in [0.1, 0.15) is 22.8 Å². The number of alkyl halides is 6. The van der Waals surface area contributed by atoms with Crippen LogP contribution in [0.15, 0.2) is 84.9 Å². The van der Waals surface area contributed by atoms with Crippen molar-refractivity contribution in [2.45, 2.75) is 29.7 Å². The van der Waals surface area contributed by atoms with E-state index in [9.17, 15) is 35.9 Å². The van der Waals surface area contributed by atoms with E-state index < -0.39 is 59.3 Å². The third kappa shape index (κ3) is 5.93. The lowest BCUT2D eigenvalue weighted by molar-refractivity contribution is -0.282. The van der Waals surface area contributed by atoms with Gasteiger partial charge in [-0.2, -0.15) is 26.3 Å². The molecule has 0 amide bonds. The van der Waals surface area contributed by atoms with Crippen LogP contribution in [0.2, 0.25) is 0 Å². The summed E-state index contributed by atoms with van der Waals surface area (Å²) >= 11 is 0. The first-order chi connectivity index (χ1) is 19.8. The number of methoxy groups -OCH3 is 3. The van der Waals surface area contributed by atoms with Crippen molar-refractivity contribution >= 4 is 11.9 Å². The molecule has 0 fully saturated rings. The monoisotopic (exact) mass is 600 g/mol. The number of benzene rings is 3. The normalized spacial score (nSPS) is 15.5. The minimum Gasteiger partial charge on any atom is -0.496 e. The van der Waals surface area contributed by atoms with Gasteiger partial charge >= 0.3 is 24.3 Å². The molecule has 226 valence electrons. The summed E-state index contributed by atoms with van der Waals surface area (Å²) < 4.78 is 111. The quantitative estimate of drug-likeness (QED) is 0.196. The SMILES string of the molecule is COc1ccccc1[C@H](COC(=O)[C@](OC)(c1ccccc1)C(F)(F)F)OC(=O)[C@](OC)(c1ccccc1)C(F)(F)F. The summed E-state index contributed by atoms with van der Waals surface area (Å²) in [5, 5.41) is 0. The van der Waals surface area contributed by atoms with Gasteiger partial charge in [-0.1, -0.05) is 78.9 Å². The number of carbonyl (C=O) groups is 2. The van der Waals surface area contributed by atoms with Crippen molar-refractivity contribution < 1.29 is 59.6 Å². The van der Waals surface area contributed by atoms with Gasteiger partial charge in [0.15, 0.2) is 6.10 Å². The fourth-order valence-corrected chi connectivity index (χ4v) is 4.36. The largest absolute Gasteiger partial charge is 0.496 e. The number of halogens is 6. The van der Waals surface area contributed by atoms with E-state index in [1.165, 1.54) is 67.8 Å². The summed E-state index contributed by atoms with van der Waals surface area (Å²) in [6.07, 6.45) is -12.6. The van der Waals surface area contributed by atoms with Gasteiger partial charge < -0.3 is 23.7 Å². The zero-order valence-corrected chi connectivity index (χ0v) is 22.5. The molecule has 0 unspecified atom stereocenters. The van der Waals surface area contributed by atoms with Crippen LogP contribution in [0.5, 0.6) is 5.75 Å². The molecule has 13 heteroatoms. The molecular weight excluding hydrogens is 574 g/mol. The number of para-hydroxylation sites is 1. The van der Waals surface area contributed by atoms with Crippen LogP contribution in [0.25, 0.3) is 0 Å². The van der Waals surface area contributed by atoms with Gasteiger partial charge in [-0.05, 0) is 6.07 Å². The lowest BCUT2D eigenvalue weighted by atomic mass is 9.92. The van der Waals surface area contributed by atoms with E-state index in [4.69, 9.17) is 18.9 Å². The Kier molecular flexibility index (Phi) is 9.90. The Morgan fingerprint density at radius 2 is 1.07 bits per heavy atom. The van der Waals surface area contributed by atoms with Crippen molar-refractivity contribution in [2.24, 2.45) is 0 Å². The molecule has 0 heterocycles. The minimum absolute atomic E-state index is 0.0158. The summed E-state index contributed by atoms with van der Waals surface area (Å²) in [5.74, 6) is -3.93. The van der Waals surface area contributed by atoms with Gasteiger partial charge in [-0.3, -0.25) is 0 Å². The van der Waals surface area contributed by atoms with Crippen LogP contribution in [-0.4, -0.2) is 52.2 Å². The van der Waals surface area contributed by atoms with Gasteiger partial charge in [-0.15, -0.1) is 0 Å². The first-order valence-corrected chi connectivity index (χ1v) is 12.2. The molecule has 3 aromatic rings. The van der Waals surface area contributed by atoms with Gasteiger partial charge in [-0.25, -0.2) is 9.59 Å². The molecule has 0 bridgehead atoms. The molecule has 42 heavy (non-hydrogen) atoms. The van der Waals surface area contributed by atoms with Gasteiger partial charge in [0.2, 0.25) is 0 Å². The molecule has 0 N–H and O–H groups in total. The third-order valence-corrected chi connectivity index (χ3v) is 6.45. The molecule has 7 nitrogen and oxygen atoms in total. The molecule has 0 saturated carbocycles. The second-order valence-electron chi connectivity index (χ2n) is 8.73. The second-order valence-corrected chi connectivity index (χ2v) is 8.73. The van der Waals surface area contributed by atoms with Crippen molar-refractivity contribution in [1.29, 1.82) is 0 Å². The van der Waals surface area contributed by atoms with Crippen LogP contribution >= 0.6 is 0 Å². The molecule has 0 spiro atoms. The fourth-order valence-electron chi connectivity index (χ4n) is 4.36. The number of hydrogen-bond acceptors (Lipinski definition) is 7. The fraction of sp³-hybridized carbons (Fsp3) is 0.310. The predicted molar refractivity (Wildman–Crippen MR) is 135 cm³/mol. The molecule has 0 aliphatic carbocycles. The summed E-state index contributed by atoms with van der Waals surface area (Å²) in [6, 6.07) is 17.3. The van der Waals surface area contributed by atoms with Crippen LogP contribution in [0.4, 0.5) is 26.3 Å². The molecular formula is C29H26F6O7. The molecule has 0 aromatic heterocycles. The summed E-state index contributed by atoms with van der Waals surface area (Å²) in [4.78, 5) is 26.5. The van der Waals surface area contributed by atoms with Crippen LogP contribution < -0.4 is 4.74 Å². The molecule has 0 aliphatic heterocycles. The molecule has 3 aromatic carbocycles. The summed E-state index contributed by atoms with van der Waals surface area (Å²) in [5.41, 5.74) is -8.58. The van der Waals surface area contributed by atoms with E-state index in [2.05, 4.69) is 4.74 Å². The maximum Gasteiger partial charge on any atom is 0.432 e.